The normalized spacial score (nSPS) is 16.8. The number of hydrogen-bond acceptors (Lipinski definition) is 4. The lowest BCUT2D eigenvalue weighted by Crippen LogP contribution is -2.62. The minimum absolute atomic E-state index is 0.0929. The molecule has 3 rings (SSSR count). The minimum atomic E-state index is -0.251. The third-order valence-electron chi connectivity index (χ3n) is 3.85. The van der Waals surface area contributed by atoms with Crippen LogP contribution >= 0.6 is 0 Å². The Morgan fingerprint density at radius 2 is 2.05 bits per heavy atom. The van der Waals surface area contributed by atoms with Gasteiger partial charge in [0, 0.05) is 19.2 Å². The second-order valence-electron chi connectivity index (χ2n) is 5.35. The molecule has 0 bridgehead atoms. The Hall–Kier alpha value is -2.14. The van der Waals surface area contributed by atoms with Crippen molar-refractivity contribution in [3.8, 4) is 0 Å². The van der Waals surface area contributed by atoms with E-state index in [2.05, 4.69) is 9.97 Å². The molecule has 1 fully saturated rings. The van der Waals surface area contributed by atoms with Gasteiger partial charge in [-0.25, -0.2) is 4.98 Å². The van der Waals surface area contributed by atoms with E-state index in [0.29, 0.717) is 24.7 Å². The molecule has 1 aliphatic rings. The first kappa shape index (κ1) is 12.9. The highest BCUT2D eigenvalue weighted by Crippen LogP contribution is 2.36. The van der Waals surface area contributed by atoms with Crippen molar-refractivity contribution in [3.63, 3.8) is 0 Å². The average Bonchev–Trinajstić information content (AvgIpc) is 2.38. The summed E-state index contributed by atoms with van der Waals surface area (Å²) in [5.74, 6) is 1.28. The maximum Gasteiger partial charge on any atom is 0.252 e. The number of rotatable bonds is 3. The van der Waals surface area contributed by atoms with Gasteiger partial charge in [0.05, 0.1) is 12.0 Å². The Balaban J connectivity index is 1.84. The van der Waals surface area contributed by atoms with Crippen molar-refractivity contribution in [1.29, 1.82) is 0 Å². The summed E-state index contributed by atoms with van der Waals surface area (Å²) in [6.07, 6.45) is 0. The van der Waals surface area contributed by atoms with Gasteiger partial charge in [0.2, 0.25) is 0 Å². The molecule has 0 radical (unpaired) electrons. The number of aliphatic hydroxyl groups excluding tert-OH is 1. The summed E-state index contributed by atoms with van der Waals surface area (Å²) in [7, 11) is 0. The Morgan fingerprint density at radius 1 is 1.35 bits per heavy atom. The van der Waals surface area contributed by atoms with Crippen molar-refractivity contribution in [2.45, 2.75) is 12.3 Å². The highest BCUT2D eigenvalue weighted by Gasteiger charge is 2.44. The van der Waals surface area contributed by atoms with E-state index in [-0.39, 0.29) is 17.6 Å². The number of aromatic amines is 1. The van der Waals surface area contributed by atoms with Crippen LogP contribution in [0.1, 0.15) is 11.4 Å². The number of aliphatic hydroxyl groups is 1. The summed E-state index contributed by atoms with van der Waals surface area (Å²) in [5, 5.41) is 9.75. The number of hydrogen-bond donors (Lipinski definition) is 2. The highest BCUT2D eigenvalue weighted by molar-refractivity contribution is 5.48. The largest absolute Gasteiger partial charge is 0.395 e. The molecule has 1 saturated heterocycles. The Kier molecular flexibility index (Phi) is 3.06. The number of aromatic nitrogens is 2. The molecule has 0 aliphatic carbocycles. The van der Waals surface area contributed by atoms with E-state index in [9.17, 15) is 9.90 Å². The van der Waals surface area contributed by atoms with Crippen molar-refractivity contribution in [1.82, 2.24) is 9.97 Å². The molecule has 2 heterocycles. The SMILES string of the molecule is Cc1nc(N2CC(CO)(c3ccccc3)C2)cc(=O)[nH]1. The number of anilines is 1. The molecule has 5 nitrogen and oxygen atoms in total. The Morgan fingerprint density at radius 3 is 2.65 bits per heavy atom. The van der Waals surface area contributed by atoms with Crippen molar-refractivity contribution in [2.75, 3.05) is 24.6 Å². The molecule has 1 aliphatic heterocycles. The van der Waals surface area contributed by atoms with Gasteiger partial charge in [-0.3, -0.25) is 4.79 Å². The van der Waals surface area contributed by atoms with Crippen LogP contribution in [0.5, 0.6) is 0 Å². The van der Waals surface area contributed by atoms with E-state index in [0.717, 1.165) is 5.56 Å². The van der Waals surface area contributed by atoms with Gasteiger partial charge in [-0.05, 0) is 12.5 Å². The van der Waals surface area contributed by atoms with Crippen molar-refractivity contribution in [3.05, 3.63) is 58.1 Å². The third-order valence-corrected chi connectivity index (χ3v) is 3.85. The van der Waals surface area contributed by atoms with Crippen LogP contribution in [-0.4, -0.2) is 34.8 Å². The highest BCUT2D eigenvalue weighted by atomic mass is 16.3. The summed E-state index contributed by atoms with van der Waals surface area (Å²) in [4.78, 5) is 20.5. The summed E-state index contributed by atoms with van der Waals surface area (Å²) in [5.41, 5.74) is 0.730. The zero-order valence-electron chi connectivity index (χ0n) is 11.3. The van der Waals surface area contributed by atoms with Crippen molar-refractivity contribution in [2.24, 2.45) is 0 Å². The second-order valence-corrected chi connectivity index (χ2v) is 5.35. The van der Waals surface area contributed by atoms with E-state index in [4.69, 9.17) is 0 Å². The molecule has 20 heavy (non-hydrogen) atoms. The molecule has 0 saturated carbocycles. The van der Waals surface area contributed by atoms with Crippen LogP contribution in [0.25, 0.3) is 0 Å². The molecule has 1 aromatic carbocycles. The van der Waals surface area contributed by atoms with Gasteiger partial charge in [0.15, 0.2) is 0 Å². The lowest BCUT2D eigenvalue weighted by atomic mass is 9.74. The molecular formula is C15H17N3O2. The molecule has 2 N–H and O–H groups in total. The molecule has 0 unspecified atom stereocenters. The fourth-order valence-electron chi connectivity index (χ4n) is 2.74. The topological polar surface area (TPSA) is 69.2 Å². The van der Waals surface area contributed by atoms with Crippen LogP contribution in [0, 0.1) is 6.92 Å². The molecule has 104 valence electrons. The predicted molar refractivity (Wildman–Crippen MR) is 77.0 cm³/mol. The minimum Gasteiger partial charge on any atom is -0.395 e. The van der Waals surface area contributed by atoms with Gasteiger partial charge in [-0.15, -0.1) is 0 Å². The molecule has 2 aromatic rings. The summed E-state index contributed by atoms with van der Waals surface area (Å²) in [6.45, 7) is 3.20. The third kappa shape index (κ3) is 2.10. The van der Waals surface area contributed by atoms with Crippen LogP contribution in [0.4, 0.5) is 5.82 Å². The predicted octanol–water partition coefficient (Wildman–Crippen LogP) is 0.829. The standard InChI is InChI=1S/C15H17N3O2/c1-11-16-13(7-14(20)17-11)18-8-15(9-18,10-19)12-5-3-2-4-6-12/h2-7,19H,8-10H2,1H3,(H,16,17,20). The van der Waals surface area contributed by atoms with Gasteiger partial charge in [-0.1, -0.05) is 30.3 Å². The van der Waals surface area contributed by atoms with Gasteiger partial charge in [0.25, 0.3) is 5.56 Å². The zero-order chi connectivity index (χ0) is 14.2. The van der Waals surface area contributed by atoms with Crippen LogP contribution in [-0.2, 0) is 5.41 Å². The number of nitrogens with one attached hydrogen (secondary N) is 1. The fourth-order valence-corrected chi connectivity index (χ4v) is 2.74. The second kappa shape index (κ2) is 4.76. The van der Waals surface area contributed by atoms with Crippen LogP contribution in [0.15, 0.2) is 41.2 Å². The van der Waals surface area contributed by atoms with Crippen molar-refractivity contribution >= 4 is 5.82 Å². The number of nitrogens with zero attached hydrogens (tertiary/aromatic N) is 2. The Labute approximate surface area is 116 Å². The van der Waals surface area contributed by atoms with Crippen LogP contribution in [0.2, 0.25) is 0 Å². The zero-order valence-corrected chi connectivity index (χ0v) is 11.3. The van der Waals surface area contributed by atoms with E-state index in [1.54, 1.807) is 6.92 Å². The average molecular weight is 271 g/mol. The maximum absolute atomic E-state index is 11.5. The maximum atomic E-state index is 11.5. The van der Waals surface area contributed by atoms with Gasteiger partial charge >= 0.3 is 0 Å². The van der Waals surface area contributed by atoms with Crippen LogP contribution < -0.4 is 10.5 Å². The van der Waals surface area contributed by atoms with Gasteiger partial charge in [-0.2, -0.15) is 0 Å². The number of benzene rings is 1. The monoisotopic (exact) mass is 271 g/mol. The molecule has 0 amide bonds. The lowest BCUT2D eigenvalue weighted by Gasteiger charge is -2.50. The quantitative estimate of drug-likeness (QED) is 0.867. The summed E-state index contributed by atoms with van der Waals surface area (Å²) in [6, 6.07) is 11.5. The van der Waals surface area contributed by atoms with Gasteiger partial charge in [0.1, 0.15) is 11.6 Å². The van der Waals surface area contributed by atoms with E-state index in [1.807, 2.05) is 35.2 Å². The first-order valence-electron chi connectivity index (χ1n) is 6.62. The summed E-state index contributed by atoms with van der Waals surface area (Å²) < 4.78 is 0. The molecule has 1 aromatic heterocycles. The van der Waals surface area contributed by atoms with Crippen molar-refractivity contribution < 1.29 is 5.11 Å². The van der Waals surface area contributed by atoms with Crippen LogP contribution in [0.3, 0.4) is 0 Å². The van der Waals surface area contributed by atoms with E-state index >= 15 is 0 Å². The molecule has 0 atom stereocenters. The first-order valence-corrected chi connectivity index (χ1v) is 6.62. The lowest BCUT2D eigenvalue weighted by molar-refractivity contribution is 0.162. The summed E-state index contributed by atoms with van der Waals surface area (Å²) >= 11 is 0. The number of H-pyrrole nitrogens is 1. The van der Waals surface area contributed by atoms with E-state index in [1.165, 1.54) is 6.07 Å². The van der Waals surface area contributed by atoms with E-state index < -0.39 is 0 Å². The molecule has 0 spiro atoms. The number of aryl methyl sites for hydroxylation is 1. The fraction of sp³-hybridized carbons (Fsp3) is 0.333. The first-order chi connectivity index (χ1) is 9.63. The molecular weight excluding hydrogens is 254 g/mol. The van der Waals surface area contributed by atoms with Gasteiger partial charge < -0.3 is 15.0 Å². The Bertz CT molecular complexity index is 660. The molecule has 5 heteroatoms. The smallest absolute Gasteiger partial charge is 0.252 e.